The lowest BCUT2D eigenvalue weighted by molar-refractivity contribution is -0.426. The number of quaternary nitrogens is 1. The molecule has 0 bridgehead atoms. The van der Waals surface area contributed by atoms with Crippen LogP contribution in [0.25, 0.3) is 0 Å². The molecule has 0 saturated carbocycles. The molecule has 0 aliphatic heterocycles. The SMILES string of the molecule is CC(C)(C)OC(=O)C[C@H]([NH3+])c1ccccc1. The monoisotopic (exact) mass is 222 g/mol. The molecule has 1 rings (SSSR count). The topological polar surface area (TPSA) is 53.9 Å². The molecule has 1 aromatic carbocycles. The summed E-state index contributed by atoms with van der Waals surface area (Å²) in [5.41, 5.74) is 4.62. The molecular weight excluding hydrogens is 202 g/mol. The van der Waals surface area contributed by atoms with Crippen molar-refractivity contribution in [3.05, 3.63) is 35.9 Å². The first-order valence-electron chi connectivity index (χ1n) is 5.48. The summed E-state index contributed by atoms with van der Waals surface area (Å²) in [6, 6.07) is 9.75. The van der Waals surface area contributed by atoms with Gasteiger partial charge in [0.2, 0.25) is 0 Å². The van der Waals surface area contributed by atoms with Crippen molar-refractivity contribution >= 4 is 5.97 Å². The van der Waals surface area contributed by atoms with Crippen molar-refractivity contribution in [1.82, 2.24) is 0 Å². The number of hydrogen-bond donors (Lipinski definition) is 1. The van der Waals surface area contributed by atoms with Crippen LogP contribution in [0.4, 0.5) is 0 Å². The molecule has 3 nitrogen and oxygen atoms in total. The fourth-order valence-corrected chi connectivity index (χ4v) is 1.43. The van der Waals surface area contributed by atoms with Gasteiger partial charge in [-0.05, 0) is 20.8 Å². The molecule has 1 atom stereocenters. The second kappa shape index (κ2) is 5.12. The van der Waals surface area contributed by atoms with Gasteiger partial charge >= 0.3 is 5.97 Å². The van der Waals surface area contributed by atoms with Gasteiger partial charge < -0.3 is 10.5 Å². The van der Waals surface area contributed by atoms with E-state index in [0.29, 0.717) is 6.42 Å². The fraction of sp³-hybridized carbons (Fsp3) is 0.462. The molecule has 0 unspecified atom stereocenters. The van der Waals surface area contributed by atoms with Crippen LogP contribution in [0.3, 0.4) is 0 Å². The lowest BCUT2D eigenvalue weighted by Gasteiger charge is -2.20. The fourth-order valence-electron chi connectivity index (χ4n) is 1.43. The van der Waals surface area contributed by atoms with E-state index in [0.717, 1.165) is 5.56 Å². The Bertz CT molecular complexity index is 341. The minimum Gasteiger partial charge on any atom is -0.460 e. The third-order valence-corrected chi connectivity index (χ3v) is 2.10. The number of rotatable bonds is 3. The van der Waals surface area contributed by atoms with Gasteiger partial charge in [-0.1, -0.05) is 30.3 Å². The van der Waals surface area contributed by atoms with Crippen molar-refractivity contribution in [2.75, 3.05) is 0 Å². The quantitative estimate of drug-likeness (QED) is 0.791. The maximum atomic E-state index is 11.6. The first kappa shape index (κ1) is 12.7. The van der Waals surface area contributed by atoms with Gasteiger partial charge in [-0.2, -0.15) is 0 Å². The normalized spacial score (nSPS) is 13.2. The summed E-state index contributed by atoms with van der Waals surface area (Å²) < 4.78 is 5.25. The van der Waals surface area contributed by atoms with Crippen LogP contribution in [-0.4, -0.2) is 11.6 Å². The van der Waals surface area contributed by atoms with Crippen molar-refractivity contribution in [2.24, 2.45) is 0 Å². The standard InChI is InChI=1S/C13H19NO2/c1-13(2,3)16-12(15)9-11(14)10-7-5-4-6-8-10/h4-8,11H,9,14H2,1-3H3/p+1/t11-/m0/s1. The van der Waals surface area contributed by atoms with E-state index in [-0.39, 0.29) is 12.0 Å². The highest BCUT2D eigenvalue weighted by Gasteiger charge is 2.20. The summed E-state index contributed by atoms with van der Waals surface area (Å²) in [7, 11) is 0. The van der Waals surface area contributed by atoms with Crippen LogP contribution in [0, 0.1) is 0 Å². The number of hydrogen-bond acceptors (Lipinski definition) is 2. The molecule has 0 aliphatic rings. The summed E-state index contributed by atoms with van der Waals surface area (Å²) in [6.45, 7) is 5.60. The summed E-state index contributed by atoms with van der Waals surface area (Å²) in [4.78, 5) is 11.6. The first-order valence-corrected chi connectivity index (χ1v) is 5.48. The Balaban J connectivity index is 2.52. The minimum atomic E-state index is -0.423. The number of esters is 1. The van der Waals surface area contributed by atoms with Crippen molar-refractivity contribution in [3.63, 3.8) is 0 Å². The Morgan fingerprint density at radius 3 is 2.38 bits per heavy atom. The zero-order chi connectivity index (χ0) is 12.2. The van der Waals surface area contributed by atoms with E-state index >= 15 is 0 Å². The van der Waals surface area contributed by atoms with Crippen LogP contribution in [0.15, 0.2) is 30.3 Å². The van der Waals surface area contributed by atoms with E-state index in [9.17, 15) is 4.79 Å². The molecule has 0 heterocycles. The Hall–Kier alpha value is -1.35. The van der Waals surface area contributed by atoms with E-state index in [1.807, 2.05) is 51.1 Å². The Morgan fingerprint density at radius 1 is 1.31 bits per heavy atom. The molecule has 0 saturated heterocycles. The molecular formula is C13H20NO2+. The second-order valence-corrected chi connectivity index (χ2v) is 4.90. The van der Waals surface area contributed by atoms with Gasteiger partial charge in [0.15, 0.2) is 0 Å². The molecule has 0 aliphatic carbocycles. The zero-order valence-corrected chi connectivity index (χ0v) is 10.2. The van der Waals surface area contributed by atoms with E-state index in [1.54, 1.807) is 0 Å². The highest BCUT2D eigenvalue weighted by Crippen LogP contribution is 2.15. The number of carbonyl (C=O) groups excluding carboxylic acids is 1. The van der Waals surface area contributed by atoms with Gasteiger partial charge in [0.1, 0.15) is 18.1 Å². The van der Waals surface area contributed by atoms with Crippen LogP contribution in [0.5, 0.6) is 0 Å². The van der Waals surface area contributed by atoms with Crippen molar-refractivity contribution in [1.29, 1.82) is 0 Å². The number of benzene rings is 1. The average Bonchev–Trinajstić information content (AvgIpc) is 2.16. The van der Waals surface area contributed by atoms with Gasteiger partial charge in [0.25, 0.3) is 0 Å². The van der Waals surface area contributed by atoms with Gasteiger partial charge in [0.05, 0.1) is 0 Å². The Labute approximate surface area is 96.6 Å². The van der Waals surface area contributed by atoms with Crippen molar-refractivity contribution in [2.45, 2.75) is 38.8 Å². The molecule has 16 heavy (non-hydrogen) atoms. The maximum Gasteiger partial charge on any atom is 0.312 e. The van der Waals surface area contributed by atoms with Gasteiger partial charge in [0, 0.05) is 5.56 Å². The Morgan fingerprint density at radius 2 is 1.88 bits per heavy atom. The third kappa shape index (κ3) is 4.45. The summed E-state index contributed by atoms with van der Waals surface area (Å²) >= 11 is 0. The van der Waals surface area contributed by atoms with Crippen LogP contribution in [0.1, 0.15) is 38.8 Å². The van der Waals surface area contributed by atoms with E-state index in [1.165, 1.54) is 0 Å². The van der Waals surface area contributed by atoms with E-state index < -0.39 is 5.60 Å². The largest absolute Gasteiger partial charge is 0.460 e. The average molecular weight is 222 g/mol. The number of ether oxygens (including phenoxy) is 1. The minimum absolute atomic E-state index is 0.0453. The van der Waals surface area contributed by atoms with Crippen molar-refractivity contribution < 1.29 is 15.3 Å². The van der Waals surface area contributed by atoms with Crippen LogP contribution < -0.4 is 5.73 Å². The van der Waals surface area contributed by atoms with Gasteiger partial charge in [-0.15, -0.1) is 0 Å². The van der Waals surface area contributed by atoms with Gasteiger partial charge in [-0.25, -0.2) is 0 Å². The lowest BCUT2D eigenvalue weighted by Crippen LogP contribution is -2.54. The smallest absolute Gasteiger partial charge is 0.312 e. The van der Waals surface area contributed by atoms with Gasteiger partial charge in [-0.3, -0.25) is 4.79 Å². The summed E-state index contributed by atoms with van der Waals surface area (Å²) in [5.74, 6) is -0.198. The molecule has 3 N–H and O–H groups in total. The molecule has 0 spiro atoms. The second-order valence-electron chi connectivity index (χ2n) is 4.90. The predicted octanol–water partition coefficient (Wildman–Crippen LogP) is 1.70. The highest BCUT2D eigenvalue weighted by molar-refractivity contribution is 5.70. The predicted molar refractivity (Wildman–Crippen MR) is 62.5 cm³/mol. The molecule has 0 radical (unpaired) electrons. The lowest BCUT2D eigenvalue weighted by atomic mass is 10.0. The summed E-state index contributed by atoms with van der Waals surface area (Å²) in [5, 5.41) is 0. The highest BCUT2D eigenvalue weighted by atomic mass is 16.6. The molecule has 88 valence electrons. The maximum absolute atomic E-state index is 11.6. The molecule has 0 fully saturated rings. The summed E-state index contributed by atoms with van der Waals surface area (Å²) in [6.07, 6.45) is 0.321. The zero-order valence-electron chi connectivity index (χ0n) is 10.2. The molecule has 3 heteroatoms. The third-order valence-electron chi connectivity index (χ3n) is 2.10. The Kier molecular flexibility index (Phi) is 4.07. The van der Waals surface area contributed by atoms with Crippen LogP contribution >= 0.6 is 0 Å². The van der Waals surface area contributed by atoms with E-state index in [4.69, 9.17) is 4.74 Å². The van der Waals surface area contributed by atoms with E-state index in [2.05, 4.69) is 5.73 Å². The molecule has 0 amide bonds. The van der Waals surface area contributed by atoms with Crippen LogP contribution in [-0.2, 0) is 9.53 Å². The number of carbonyl (C=O) groups is 1. The first-order chi connectivity index (χ1) is 7.38. The van der Waals surface area contributed by atoms with Crippen molar-refractivity contribution in [3.8, 4) is 0 Å². The van der Waals surface area contributed by atoms with Crippen LogP contribution in [0.2, 0.25) is 0 Å². The molecule has 0 aromatic heterocycles. The molecule has 1 aromatic rings.